The van der Waals surface area contributed by atoms with E-state index in [0.717, 1.165) is 13.0 Å². The third-order valence-electron chi connectivity index (χ3n) is 2.27. The molecule has 0 spiro atoms. The lowest BCUT2D eigenvalue weighted by molar-refractivity contribution is -0.120. The van der Waals surface area contributed by atoms with Gasteiger partial charge < -0.3 is 15.7 Å². The van der Waals surface area contributed by atoms with Crippen LogP contribution in [0.15, 0.2) is 0 Å². The van der Waals surface area contributed by atoms with Crippen molar-refractivity contribution in [2.24, 2.45) is 5.41 Å². The Morgan fingerprint density at radius 3 is 2.60 bits per heavy atom. The van der Waals surface area contributed by atoms with E-state index in [0.29, 0.717) is 19.5 Å². The zero-order chi connectivity index (χ0) is 11.7. The van der Waals surface area contributed by atoms with Crippen LogP contribution in [0.3, 0.4) is 0 Å². The Hall–Kier alpha value is -0.610. The Balaban J connectivity index is 3.60. The molecule has 4 heteroatoms. The first-order valence-electron chi connectivity index (χ1n) is 5.60. The van der Waals surface area contributed by atoms with Crippen LogP contribution >= 0.6 is 0 Å². The highest BCUT2D eigenvalue weighted by molar-refractivity contribution is 5.77. The van der Waals surface area contributed by atoms with Gasteiger partial charge in [-0.05, 0) is 24.8 Å². The minimum atomic E-state index is -0.0326. The summed E-state index contributed by atoms with van der Waals surface area (Å²) in [4.78, 5) is 11.3. The Labute approximate surface area is 92.4 Å². The molecule has 0 rings (SSSR count). The van der Waals surface area contributed by atoms with E-state index in [9.17, 15) is 4.79 Å². The molecule has 0 unspecified atom stereocenters. The molecule has 0 saturated heterocycles. The molecule has 0 heterocycles. The molecular weight excluding hydrogens is 192 g/mol. The van der Waals surface area contributed by atoms with Crippen LogP contribution in [0, 0.1) is 5.41 Å². The molecule has 0 radical (unpaired) electrons. The van der Waals surface area contributed by atoms with Gasteiger partial charge in [0.05, 0.1) is 6.54 Å². The van der Waals surface area contributed by atoms with Gasteiger partial charge in [-0.15, -0.1) is 0 Å². The second-order valence-corrected chi connectivity index (χ2v) is 4.59. The van der Waals surface area contributed by atoms with Crippen molar-refractivity contribution in [1.82, 2.24) is 10.6 Å². The van der Waals surface area contributed by atoms with Gasteiger partial charge in [-0.1, -0.05) is 20.8 Å². The normalized spacial score (nSPS) is 11.5. The summed E-state index contributed by atoms with van der Waals surface area (Å²) in [7, 11) is 0. The average molecular weight is 216 g/mol. The predicted octanol–water partition coefficient (Wildman–Crippen LogP) is 0.511. The fourth-order valence-corrected chi connectivity index (χ4v) is 1.17. The van der Waals surface area contributed by atoms with Crippen molar-refractivity contribution in [2.75, 3.05) is 26.2 Å². The molecule has 90 valence electrons. The van der Waals surface area contributed by atoms with Gasteiger partial charge in [-0.3, -0.25) is 4.79 Å². The number of amides is 1. The maximum Gasteiger partial charge on any atom is 0.233 e. The topological polar surface area (TPSA) is 61.4 Å². The minimum absolute atomic E-state index is 0.0227. The van der Waals surface area contributed by atoms with Crippen molar-refractivity contribution in [3.8, 4) is 0 Å². The highest BCUT2D eigenvalue weighted by Gasteiger charge is 2.17. The summed E-state index contributed by atoms with van der Waals surface area (Å²) in [5.74, 6) is 0.0227. The average Bonchev–Trinajstić information content (AvgIpc) is 2.15. The summed E-state index contributed by atoms with van der Waals surface area (Å²) in [6.45, 7) is 8.15. The lowest BCUT2D eigenvalue weighted by Crippen LogP contribution is -2.39. The van der Waals surface area contributed by atoms with Crippen molar-refractivity contribution >= 4 is 5.91 Å². The summed E-state index contributed by atoms with van der Waals surface area (Å²) in [6, 6.07) is 0. The van der Waals surface area contributed by atoms with E-state index in [1.165, 1.54) is 0 Å². The SMILES string of the molecule is CCCNCC(=O)NCC(C)(C)CCO. The number of carbonyl (C=O) groups excluding carboxylic acids is 1. The standard InChI is InChI=1S/C11H24N2O2/c1-4-6-12-8-10(15)13-9-11(2,3)5-7-14/h12,14H,4-9H2,1-3H3,(H,13,15). The smallest absolute Gasteiger partial charge is 0.233 e. The van der Waals surface area contributed by atoms with Crippen molar-refractivity contribution in [3.63, 3.8) is 0 Å². The number of aliphatic hydroxyl groups excluding tert-OH is 1. The number of carbonyl (C=O) groups is 1. The molecule has 0 aliphatic carbocycles. The van der Waals surface area contributed by atoms with Crippen LogP contribution in [0.4, 0.5) is 0 Å². The Morgan fingerprint density at radius 1 is 1.40 bits per heavy atom. The lowest BCUT2D eigenvalue weighted by Gasteiger charge is -2.23. The van der Waals surface area contributed by atoms with E-state index in [4.69, 9.17) is 5.11 Å². The minimum Gasteiger partial charge on any atom is -0.396 e. The van der Waals surface area contributed by atoms with Gasteiger partial charge in [0.1, 0.15) is 0 Å². The second-order valence-electron chi connectivity index (χ2n) is 4.59. The van der Waals surface area contributed by atoms with Gasteiger partial charge in [0.15, 0.2) is 0 Å². The predicted molar refractivity (Wildman–Crippen MR) is 61.7 cm³/mol. The number of hydrogen-bond acceptors (Lipinski definition) is 3. The highest BCUT2D eigenvalue weighted by atomic mass is 16.3. The molecule has 0 aromatic carbocycles. The Bertz CT molecular complexity index is 181. The fourth-order valence-electron chi connectivity index (χ4n) is 1.17. The van der Waals surface area contributed by atoms with E-state index in [1.54, 1.807) is 0 Å². The Kier molecular flexibility index (Phi) is 7.34. The van der Waals surface area contributed by atoms with Crippen LogP contribution in [0.25, 0.3) is 0 Å². The van der Waals surface area contributed by atoms with Crippen LogP contribution in [0.2, 0.25) is 0 Å². The number of rotatable bonds is 8. The first kappa shape index (κ1) is 14.4. The molecule has 0 bridgehead atoms. The van der Waals surface area contributed by atoms with E-state index in [2.05, 4.69) is 17.6 Å². The van der Waals surface area contributed by atoms with Gasteiger partial charge in [0.2, 0.25) is 5.91 Å². The molecule has 0 aromatic heterocycles. The number of nitrogens with one attached hydrogen (secondary N) is 2. The summed E-state index contributed by atoms with van der Waals surface area (Å²) in [5.41, 5.74) is -0.0326. The van der Waals surface area contributed by atoms with Gasteiger partial charge in [-0.2, -0.15) is 0 Å². The van der Waals surface area contributed by atoms with E-state index >= 15 is 0 Å². The van der Waals surface area contributed by atoms with Gasteiger partial charge in [0, 0.05) is 13.2 Å². The number of hydrogen-bond donors (Lipinski definition) is 3. The number of aliphatic hydroxyl groups is 1. The monoisotopic (exact) mass is 216 g/mol. The molecular formula is C11H24N2O2. The van der Waals surface area contributed by atoms with E-state index in [-0.39, 0.29) is 17.9 Å². The van der Waals surface area contributed by atoms with Crippen molar-refractivity contribution in [2.45, 2.75) is 33.6 Å². The largest absolute Gasteiger partial charge is 0.396 e. The molecule has 4 nitrogen and oxygen atoms in total. The molecule has 0 saturated carbocycles. The maximum absolute atomic E-state index is 11.3. The van der Waals surface area contributed by atoms with E-state index in [1.807, 2.05) is 13.8 Å². The fraction of sp³-hybridized carbons (Fsp3) is 0.909. The molecule has 1 amide bonds. The first-order chi connectivity index (χ1) is 7.02. The Morgan fingerprint density at radius 2 is 2.07 bits per heavy atom. The highest BCUT2D eigenvalue weighted by Crippen LogP contribution is 2.17. The first-order valence-corrected chi connectivity index (χ1v) is 5.60. The molecule has 3 N–H and O–H groups in total. The summed E-state index contributed by atoms with van der Waals surface area (Å²) >= 11 is 0. The summed E-state index contributed by atoms with van der Waals surface area (Å²) in [6.07, 6.45) is 1.74. The molecule has 15 heavy (non-hydrogen) atoms. The van der Waals surface area contributed by atoms with Gasteiger partial charge in [0.25, 0.3) is 0 Å². The van der Waals surface area contributed by atoms with Crippen LogP contribution in [0.1, 0.15) is 33.6 Å². The third kappa shape index (κ3) is 8.39. The quantitative estimate of drug-likeness (QED) is 0.518. The molecule has 0 fully saturated rings. The molecule has 0 aliphatic rings. The summed E-state index contributed by atoms with van der Waals surface area (Å²) < 4.78 is 0. The van der Waals surface area contributed by atoms with Crippen molar-refractivity contribution in [1.29, 1.82) is 0 Å². The van der Waals surface area contributed by atoms with Crippen LogP contribution < -0.4 is 10.6 Å². The van der Waals surface area contributed by atoms with Crippen LogP contribution in [-0.4, -0.2) is 37.3 Å². The van der Waals surface area contributed by atoms with Crippen molar-refractivity contribution in [3.05, 3.63) is 0 Å². The molecule has 0 aliphatic heterocycles. The molecule has 0 atom stereocenters. The van der Waals surface area contributed by atoms with Crippen LogP contribution in [-0.2, 0) is 4.79 Å². The lowest BCUT2D eigenvalue weighted by atomic mass is 9.90. The maximum atomic E-state index is 11.3. The second kappa shape index (κ2) is 7.65. The van der Waals surface area contributed by atoms with Gasteiger partial charge in [-0.25, -0.2) is 0 Å². The third-order valence-corrected chi connectivity index (χ3v) is 2.27. The van der Waals surface area contributed by atoms with E-state index < -0.39 is 0 Å². The van der Waals surface area contributed by atoms with Gasteiger partial charge >= 0.3 is 0 Å². The zero-order valence-corrected chi connectivity index (χ0v) is 10.1. The zero-order valence-electron chi connectivity index (χ0n) is 10.1. The molecule has 0 aromatic rings. The van der Waals surface area contributed by atoms with Crippen molar-refractivity contribution < 1.29 is 9.90 Å². The van der Waals surface area contributed by atoms with Crippen LogP contribution in [0.5, 0.6) is 0 Å². The summed E-state index contributed by atoms with van der Waals surface area (Å²) in [5, 5.41) is 14.7.